The maximum atomic E-state index is 11.5. The van der Waals surface area contributed by atoms with Gasteiger partial charge in [-0.15, -0.1) is 0 Å². The topological polar surface area (TPSA) is 81.1 Å². The lowest BCUT2D eigenvalue weighted by Gasteiger charge is -2.19. The third-order valence-electron chi connectivity index (χ3n) is 2.89. The van der Waals surface area contributed by atoms with Crippen LogP contribution < -0.4 is 10.6 Å². The summed E-state index contributed by atoms with van der Waals surface area (Å²) in [5.41, 5.74) is 1.67. The van der Waals surface area contributed by atoms with E-state index in [0.29, 0.717) is 19.6 Å². The van der Waals surface area contributed by atoms with Crippen molar-refractivity contribution in [3.8, 4) is 0 Å². The highest BCUT2D eigenvalue weighted by atomic mass is 16.6. The van der Waals surface area contributed by atoms with Crippen LogP contribution >= 0.6 is 0 Å². The SMILES string of the molecule is CC(C)(C)OC(=O)NCCNc1ccc(Cn2cncn2)cc1. The lowest BCUT2D eigenvalue weighted by atomic mass is 10.2. The van der Waals surface area contributed by atoms with Crippen LogP contribution in [0.1, 0.15) is 26.3 Å². The molecule has 0 saturated carbocycles. The van der Waals surface area contributed by atoms with E-state index in [1.165, 1.54) is 6.33 Å². The van der Waals surface area contributed by atoms with E-state index in [-0.39, 0.29) is 0 Å². The highest BCUT2D eigenvalue weighted by Crippen LogP contribution is 2.10. The molecule has 7 heteroatoms. The van der Waals surface area contributed by atoms with E-state index in [4.69, 9.17) is 4.74 Å². The van der Waals surface area contributed by atoms with Gasteiger partial charge in [0.15, 0.2) is 0 Å². The van der Waals surface area contributed by atoms with Gasteiger partial charge in [0.1, 0.15) is 18.3 Å². The van der Waals surface area contributed by atoms with E-state index in [2.05, 4.69) is 20.7 Å². The minimum Gasteiger partial charge on any atom is -0.444 e. The molecule has 1 heterocycles. The molecule has 0 aliphatic rings. The molecule has 0 radical (unpaired) electrons. The van der Waals surface area contributed by atoms with Crippen LogP contribution in [0.3, 0.4) is 0 Å². The van der Waals surface area contributed by atoms with Crippen LogP contribution in [0.15, 0.2) is 36.9 Å². The van der Waals surface area contributed by atoms with E-state index in [9.17, 15) is 4.79 Å². The zero-order valence-electron chi connectivity index (χ0n) is 13.7. The second-order valence-electron chi connectivity index (χ2n) is 6.15. The summed E-state index contributed by atoms with van der Waals surface area (Å²) in [6, 6.07) is 8.07. The third-order valence-corrected chi connectivity index (χ3v) is 2.89. The van der Waals surface area contributed by atoms with Crippen molar-refractivity contribution in [2.75, 3.05) is 18.4 Å². The van der Waals surface area contributed by atoms with Crippen LogP contribution in [0.25, 0.3) is 0 Å². The number of hydrogen-bond donors (Lipinski definition) is 2. The van der Waals surface area contributed by atoms with E-state index in [0.717, 1.165) is 11.3 Å². The van der Waals surface area contributed by atoms with Crippen molar-refractivity contribution in [1.29, 1.82) is 0 Å². The van der Waals surface area contributed by atoms with Gasteiger partial charge in [0.05, 0.1) is 6.54 Å². The molecule has 23 heavy (non-hydrogen) atoms. The molecule has 0 spiro atoms. The second-order valence-corrected chi connectivity index (χ2v) is 6.15. The predicted octanol–water partition coefficient (Wildman–Crippen LogP) is 2.26. The predicted molar refractivity (Wildman–Crippen MR) is 88.3 cm³/mol. The van der Waals surface area contributed by atoms with Gasteiger partial charge in [-0.05, 0) is 38.5 Å². The lowest BCUT2D eigenvalue weighted by Crippen LogP contribution is -2.34. The molecule has 1 amide bonds. The number of nitrogens with zero attached hydrogens (tertiary/aromatic N) is 3. The van der Waals surface area contributed by atoms with Crippen molar-refractivity contribution in [3.05, 3.63) is 42.5 Å². The maximum absolute atomic E-state index is 11.5. The molecular formula is C16H23N5O2. The van der Waals surface area contributed by atoms with Gasteiger partial charge in [0.25, 0.3) is 0 Å². The van der Waals surface area contributed by atoms with Gasteiger partial charge < -0.3 is 15.4 Å². The number of anilines is 1. The first-order valence-corrected chi connectivity index (χ1v) is 7.54. The molecule has 0 aliphatic carbocycles. The zero-order chi connectivity index (χ0) is 16.7. The summed E-state index contributed by atoms with van der Waals surface area (Å²) < 4.78 is 6.94. The second kappa shape index (κ2) is 7.62. The van der Waals surface area contributed by atoms with Crippen LogP contribution in [0.5, 0.6) is 0 Å². The fraction of sp³-hybridized carbons (Fsp3) is 0.438. The van der Waals surface area contributed by atoms with Gasteiger partial charge in [0, 0.05) is 18.8 Å². The largest absolute Gasteiger partial charge is 0.444 e. The summed E-state index contributed by atoms with van der Waals surface area (Å²) in [6.45, 7) is 7.33. The number of carbonyl (C=O) groups excluding carboxylic acids is 1. The molecule has 2 aromatic rings. The number of alkyl carbamates (subject to hydrolysis) is 1. The number of carbonyl (C=O) groups is 1. The zero-order valence-corrected chi connectivity index (χ0v) is 13.7. The molecule has 0 fully saturated rings. The Morgan fingerprint density at radius 2 is 1.96 bits per heavy atom. The molecule has 0 aliphatic heterocycles. The number of nitrogens with one attached hydrogen (secondary N) is 2. The smallest absolute Gasteiger partial charge is 0.407 e. The Bertz CT molecular complexity index is 602. The van der Waals surface area contributed by atoms with E-state index in [1.54, 1.807) is 11.0 Å². The standard InChI is InChI=1S/C16H23N5O2/c1-16(2,3)23-15(22)19-9-8-18-14-6-4-13(5-7-14)10-21-12-17-11-20-21/h4-7,11-12,18H,8-10H2,1-3H3,(H,19,22). The van der Waals surface area contributed by atoms with Crippen LogP contribution in [-0.2, 0) is 11.3 Å². The van der Waals surface area contributed by atoms with Crippen molar-refractivity contribution >= 4 is 11.8 Å². The number of aromatic nitrogens is 3. The first kappa shape index (κ1) is 16.8. The minimum absolute atomic E-state index is 0.400. The molecule has 1 aromatic carbocycles. The average Bonchev–Trinajstić information content (AvgIpc) is 2.96. The van der Waals surface area contributed by atoms with E-state index >= 15 is 0 Å². The van der Waals surface area contributed by atoms with E-state index < -0.39 is 11.7 Å². The van der Waals surface area contributed by atoms with Crippen molar-refractivity contribution < 1.29 is 9.53 Å². The summed E-state index contributed by atoms with van der Waals surface area (Å²) in [5.74, 6) is 0. The number of rotatable bonds is 6. The number of ether oxygens (including phenoxy) is 1. The monoisotopic (exact) mass is 317 g/mol. The Balaban J connectivity index is 1.69. The van der Waals surface area contributed by atoms with Crippen LogP contribution in [-0.4, -0.2) is 39.5 Å². The molecule has 124 valence electrons. The van der Waals surface area contributed by atoms with Crippen LogP contribution in [0, 0.1) is 0 Å². The van der Waals surface area contributed by atoms with Crippen molar-refractivity contribution in [2.45, 2.75) is 32.9 Å². The Morgan fingerprint density at radius 3 is 2.57 bits per heavy atom. The average molecular weight is 317 g/mol. The molecule has 0 bridgehead atoms. The first-order valence-electron chi connectivity index (χ1n) is 7.54. The van der Waals surface area contributed by atoms with Crippen molar-refractivity contribution in [1.82, 2.24) is 20.1 Å². The molecule has 1 aromatic heterocycles. The number of hydrogen-bond acceptors (Lipinski definition) is 5. The maximum Gasteiger partial charge on any atom is 0.407 e. The quantitative estimate of drug-likeness (QED) is 0.799. The Hall–Kier alpha value is -2.57. The van der Waals surface area contributed by atoms with Crippen LogP contribution in [0.2, 0.25) is 0 Å². The molecule has 0 atom stereocenters. The minimum atomic E-state index is -0.475. The summed E-state index contributed by atoms with van der Waals surface area (Å²) in [7, 11) is 0. The molecule has 0 saturated heterocycles. The van der Waals surface area contributed by atoms with Gasteiger partial charge in [-0.3, -0.25) is 0 Å². The summed E-state index contributed by atoms with van der Waals surface area (Å²) in [4.78, 5) is 15.4. The lowest BCUT2D eigenvalue weighted by molar-refractivity contribution is 0.0530. The van der Waals surface area contributed by atoms with Gasteiger partial charge in [-0.1, -0.05) is 12.1 Å². The van der Waals surface area contributed by atoms with Crippen molar-refractivity contribution in [2.24, 2.45) is 0 Å². The normalized spacial score (nSPS) is 11.1. The molecular weight excluding hydrogens is 294 g/mol. The third kappa shape index (κ3) is 6.37. The Morgan fingerprint density at radius 1 is 1.22 bits per heavy atom. The number of benzene rings is 1. The van der Waals surface area contributed by atoms with Gasteiger partial charge in [-0.2, -0.15) is 5.10 Å². The van der Waals surface area contributed by atoms with Gasteiger partial charge in [-0.25, -0.2) is 14.5 Å². The Kier molecular flexibility index (Phi) is 5.56. The summed E-state index contributed by atoms with van der Waals surface area (Å²) >= 11 is 0. The molecule has 2 rings (SSSR count). The Labute approximate surface area is 136 Å². The summed E-state index contributed by atoms with van der Waals surface area (Å²) in [6.07, 6.45) is 2.81. The van der Waals surface area contributed by atoms with Crippen LogP contribution in [0.4, 0.5) is 10.5 Å². The molecule has 0 unspecified atom stereocenters. The highest BCUT2D eigenvalue weighted by molar-refractivity contribution is 5.67. The highest BCUT2D eigenvalue weighted by Gasteiger charge is 2.15. The van der Waals surface area contributed by atoms with E-state index in [1.807, 2.05) is 45.0 Å². The van der Waals surface area contributed by atoms with Gasteiger partial charge in [0.2, 0.25) is 0 Å². The fourth-order valence-electron chi connectivity index (χ4n) is 1.92. The van der Waals surface area contributed by atoms with Crippen molar-refractivity contribution in [3.63, 3.8) is 0 Å². The van der Waals surface area contributed by atoms with Gasteiger partial charge >= 0.3 is 6.09 Å². The molecule has 2 N–H and O–H groups in total. The fourth-order valence-corrected chi connectivity index (χ4v) is 1.92. The summed E-state index contributed by atoms with van der Waals surface area (Å²) in [5, 5.41) is 10.0. The molecule has 7 nitrogen and oxygen atoms in total. The first-order chi connectivity index (χ1) is 10.9. The number of amides is 1.